The highest BCUT2D eigenvalue weighted by Crippen LogP contribution is 2.25. The van der Waals surface area contributed by atoms with Crippen LogP contribution in [0.1, 0.15) is 35.5 Å². The van der Waals surface area contributed by atoms with Gasteiger partial charge in [-0.05, 0) is 75.4 Å². The Morgan fingerprint density at radius 3 is 2.44 bits per heavy atom. The van der Waals surface area contributed by atoms with Gasteiger partial charge in [0, 0.05) is 17.2 Å². The molecule has 0 saturated heterocycles. The second-order valence-corrected chi connectivity index (χ2v) is 7.27. The van der Waals surface area contributed by atoms with Gasteiger partial charge in [-0.1, -0.05) is 11.6 Å². The molecular weight excluding hydrogens is 435 g/mol. The number of aryl methyl sites for hydroxylation is 1. The van der Waals surface area contributed by atoms with Crippen LogP contribution in [0.4, 0.5) is 4.39 Å². The lowest BCUT2D eigenvalue weighted by Crippen LogP contribution is -2.23. The van der Waals surface area contributed by atoms with Crippen LogP contribution in [-0.4, -0.2) is 34.2 Å². The van der Waals surface area contributed by atoms with Crippen molar-refractivity contribution in [1.82, 2.24) is 9.78 Å². The Labute approximate surface area is 190 Å². The molecule has 8 heteroatoms. The van der Waals surface area contributed by atoms with Crippen molar-refractivity contribution in [3.63, 3.8) is 0 Å². The summed E-state index contributed by atoms with van der Waals surface area (Å²) in [5.41, 5.74) is 2.08. The molecule has 3 rings (SSSR count). The highest BCUT2D eigenvalue weighted by Gasteiger charge is 2.19. The third-order valence-corrected chi connectivity index (χ3v) is 4.98. The smallest absolute Gasteiger partial charge is 0.331 e. The van der Waals surface area contributed by atoms with Crippen LogP contribution < -0.4 is 4.74 Å². The fourth-order valence-electron chi connectivity index (χ4n) is 2.99. The van der Waals surface area contributed by atoms with E-state index < -0.39 is 12.1 Å². The normalized spacial score (nSPS) is 12.0. The van der Waals surface area contributed by atoms with Crippen molar-refractivity contribution in [3.05, 3.63) is 82.4 Å². The molecular formula is C24H22ClFN2O4. The molecule has 0 bridgehead atoms. The Hall–Kier alpha value is -3.45. The van der Waals surface area contributed by atoms with Crippen molar-refractivity contribution in [2.45, 2.75) is 26.9 Å². The third-order valence-electron chi connectivity index (χ3n) is 4.62. The van der Waals surface area contributed by atoms with E-state index in [9.17, 15) is 14.0 Å². The van der Waals surface area contributed by atoms with Gasteiger partial charge in [0.2, 0.25) is 5.78 Å². The number of hydrogen-bond donors (Lipinski definition) is 0. The highest BCUT2D eigenvalue weighted by molar-refractivity contribution is 6.31. The number of Topliss-reactive ketones (excluding diaryl/α,β-unsaturated/α-hetero) is 1. The van der Waals surface area contributed by atoms with Gasteiger partial charge in [0.25, 0.3) is 0 Å². The van der Waals surface area contributed by atoms with Crippen LogP contribution in [0.3, 0.4) is 0 Å². The van der Waals surface area contributed by atoms with Gasteiger partial charge in [0.05, 0.1) is 18.0 Å². The maximum atomic E-state index is 13.2. The summed E-state index contributed by atoms with van der Waals surface area (Å²) >= 11 is 6.40. The Bertz CT molecular complexity index is 1140. The van der Waals surface area contributed by atoms with Gasteiger partial charge in [0.15, 0.2) is 6.10 Å². The molecule has 0 fully saturated rings. The topological polar surface area (TPSA) is 70.4 Å². The summed E-state index contributed by atoms with van der Waals surface area (Å²) in [6.07, 6.45) is 1.69. The molecule has 2 aromatic carbocycles. The molecule has 0 aliphatic rings. The largest absolute Gasteiger partial charge is 0.494 e. The zero-order valence-electron chi connectivity index (χ0n) is 17.8. The highest BCUT2D eigenvalue weighted by atomic mass is 35.5. The number of rotatable bonds is 8. The van der Waals surface area contributed by atoms with E-state index >= 15 is 0 Å². The molecule has 1 aromatic heterocycles. The number of carbonyl (C=O) groups is 2. The molecule has 3 aromatic rings. The quantitative estimate of drug-likeness (QED) is 0.265. The zero-order valence-corrected chi connectivity index (χ0v) is 18.6. The molecule has 32 heavy (non-hydrogen) atoms. The van der Waals surface area contributed by atoms with E-state index in [-0.39, 0.29) is 16.8 Å². The Balaban J connectivity index is 1.67. The average molecular weight is 457 g/mol. The van der Waals surface area contributed by atoms with E-state index in [1.165, 1.54) is 35.9 Å². The first kappa shape index (κ1) is 23.2. The second kappa shape index (κ2) is 10.2. The van der Waals surface area contributed by atoms with E-state index in [1.54, 1.807) is 43.3 Å². The Kier molecular flexibility index (Phi) is 7.43. The first-order chi connectivity index (χ1) is 15.3. The lowest BCUT2D eigenvalue weighted by molar-refractivity contribution is -0.140. The number of benzene rings is 2. The minimum Gasteiger partial charge on any atom is -0.494 e. The number of ketones is 1. The van der Waals surface area contributed by atoms with E-state index in [2.05, 4.69) is 5.10 Å². The van der Waals surface area contributed by atoms with Crippen molar-refractivity contribution in [2.24, 2.45) is 0 Å². The maximum Gasteiger partial charge on any atom is 0.331 e. The first-order valence-corrected chi connectivity index (χ1v) is 10.3. The Morgan fingerprint density at radius 2 is 1.81 bits per heavy atom. The summed E-state index contributed by atoms with van der Waals surface area (Å²) in [5, 5.41) is 4.59. The number of aromatic nitrogens is 2. The summed E-state index contributed by atoms with van der Waals surface area (Å²) < 4.78 is 25.2. The lowest BCUT2D eigenvalue weighted by atomic mass is 10.1. The summed E-state index contributed by atoms with van der Waals surface area (Å²) in [7, 11) is 0. The van der Waals surface area contributed by atoms with Crippen molar-refractivity contribution >= 4 is 29.4 Å². The van der Waals surface area contributed by atoms with Gasteiger partial charge in [-0.25, -0.2) is 13.9 Å². The number of ether oxygens (including phenoxy) is 2. The molecule has 0 aliphatic heterocycles. The molecule has 0 saturated carbocycles. The van der Waals surface area contributed by atoms with Gasteiger partial charge < -0.3 is 9.47 Å². The van der Waals surface area contributed by atoms with Gasteiger partial charge in [-0.15, -0.1) is 0 Å². The van der Waals surface area contributed by atoms with Crippen molar-refractivity contribution in [1.29, 1.82) is 0 Å². The number of esters is 1. The predicted molar refractivity (Wildman–Crippen MR) is 120 cm³/mol. The average Bonchev–Trinajstić information content (AvgIpc) is 3.06. The molecule has 0 N–H and O–H groups in total. The van der Waals surface area contributed by atoms with E-state index in [1.807, 2.05) is 6.92 Å². The Morgan fingerprint density at radius 1 is 1.16 bits per heavy atom. The van der Waals surface area contributed by atoms with Crippen LogP contribution in [0, 0.1) is 12.7 Å². The number of nitrogens with zero attached hydrogens (tertiary/aromatic N) is 2. The summed E-state index contributed by atoms with van der Waals surface area (Å²) in [6, 6.07) is 12.3. The van der Waals surface area contributed by atoms with E-state index in [0.717, 1.165) is 0 Å². The fraction of sp³-hybridized carbons (Fsp3) is 0.208. The first-order valence-electron chi connectivity index (χ1n) is 9.97. The minimum absolute atomic E-state index is 0.261. The molecule has 1 unspecified atom stereocenters. The third kappa shape index (κ3) is 5.42. The van der Waals surface area contributed by atoms with Crippen LogP contribution in [0.15, 0.2) is 54.6 Å². The van der Waals surface area contributed by atoms with Crippen LogP contribution >= 0.6 is 11.6 Å². The van der Waals surface area contributed by atoms with Crippen molar-refractivity contribution in [2.75, 3.05) is 6.61 Å². The summed E-state index contributed by atoms with van der Waals surface area (Å²) in [5.74, 6) is -0.731. The number of halogens is 2. The SMILES string of the molecule is CCOc1ccc(C(=O)C(C)OC(=O)C=Cc2c(C)nn(-c3ccc(F)cc3)c2Cl)cc1. The summed E-state index contributed by atoms with van der Waals surface area (Å²) in [6.45, 7) is 5.64. The zero-order chi connectivity index (χ0) is 23.3. The van der Waals surface area contributed by atoms with Crippen LogP contribution in [0.5, 0.6) is 5.75 Å². The predicted octanol–water partition coefficient (Wildman–Crippen LogP) is 5.20. The molecule has 0 amide bonds. The minimum atomic E-state index is -0.969. The molecule has 0 aliphatic carbocycles. The number of hydrogen-bond acceptors (Lipinski definition) is 5. The molecule has 1 atom stereocenters. The molecule has 166 valence electrons. The standard InChI is InChI=1S/C24H22ClFN2O4/c1-4-31-20-11-5-17(6-12-20)23(30)16(3)32-22(29)14-13-21-15(2)27-28(24(21)25)19-9-7-18(26)8-10-19/h5-14,16H,4H2,1-3H3. The maximum absolute atomic E-state index is 13.2. The molecule has 1 heterocycles. The van der Waals surface area contributed by atoms with Gasteiger partial charge in [-0.2, -0.15) is 5.10 Å². The summed E-state index contributed by atoms with van der Waals surface area (Å²) in [4.78, 5) is 24.8. The lowest BCUT2D eigenvalue weighted by Gasteiger charge is -2.11. The molecule has 0 spiro atoms. The van der Waals surface area contributed by atoms with Crippen LogP contribution in [-0.2, 0) is 9.53 Å². The van der Waals surface area contributed by atoms with Crippen LogP contribution in [0.2, 0.25) is 5.15 Å². The fourth-order valence-corrected chi connectivity index (χ4v) is 3.32. The van der Waals surface area contributed by atoms with E-state index in [4.69, 9.17) is 21.1 Å². The second-order valence-electron chi connectivity index (χ2n) is 6.91. The monoisotopic (exact) mass is 456 g/mol. The van der Waals surface area contributed by atoms with Gasteiger partial charge in [0.1, 0.15) is 16.7 Å². The van der Waals surface area contributed by atoms with Crippen molar-refractivity contribution in [3.8, 4) is 11.4 Å². The van der Waals surface area contributed by atoms with Crippen molar-refractivity contribution < 1.29 is 23.5 Å². The van der Waals surface area contributed by atoms with Gasteiger partial charge >= 0.3 is 5.97 Å². The van der Waals surface area contributed by atoms with E-state index in [0.29, 0.717) is 34.9 Å². The van der Waals surface area contributed by atoms with Crippen LogP contribution in [0.25, 0.3) is 11.8 Å². The van der Waals surface area contributed by atoms with Gasteiger partial charge in [-0.3, -0.25) is 4.79 Å². The number of carbonyl (C=O) groups excluding carboxylic acids is 2. The molecule has 6 nitrogen and oxygen atoms in total. The molecule has 0 radical (unpaired) electrons.